The Hall–Kier alpha value is -4.92. The lowest BCUT2D eigenvalue weighted by Crippen LogP contribution is -2.47. The third-order valence-corrected chi connectivity index (χ3v) is 11.8. The number of ether oxygens (including phenoxy) is 2. The van der Waals surface area contributed by atoms with E-state index in [4.69, 9.17) is 9.47 Å². The Morgan fingerprint density at radius 3 is 2.16 bits per heavy atom. The van der Waals surface area contributed by atoms with Gasteiger partial charge < -0.3 is 35.0 Å². The second-order valence-electron chi connectivity index (χ2n) is 14.8. The molecular formula is C45H51N3O8S. The second-order valence-corrected chi connectivity index (χ2v) is 16.5. The largest absolute Gasteiger partial charge is 0.508 e. The van der Waals surface area contributed by atoms with Crippen LogP contribution in [-0.2, 0) is 43.9 Å². The molecule has 1 aliphatic rings. The van der Waals surface area contributed by atoms with Crippen LogP contribution in [0.2, 0.25) is 0 Å². The van der Waals surface area contributed by atoms with Crippen molar-refractivity contribution in [2.24, 2.45) is 5.92 Å². The summed E-state index contributed by atoms with van der Waals surface area (Å²) in [7, 11) is -2.07. The molecule has 6 rings (SSSR count). The maximum atomic E-state index is 13.6. The van der Waals surface area contributed by atoms with E-state index in [9.17, 15) is 28.5 Å². The summed E-state index contributed by atoms with van der Waals surface area (Å²) in [5.74, 6) is -0.443. The summed E-state index contributed by atoms with van der Waals surface area (Å²) in [6.45, 7) is 4.85. The van der Waals surface area contributed by atoms with Gasteiger partial charge in [-0.15, -0.1) is 0 Å². The van der Waals surface area contributed by atoms with Gasteiger partial charge in [0.1, 0.15) is 11.8 Å². The zero-order valence-corrected chi connectivity index (χ0v) is 33.2. The molecule has 1 amide bonds. The number of nitrogens with zero attached hydrogens (tertiary/aromatic N) is 1. The number of sulfonamides is 1. The first-order valence-electron chi connectivity index (χ1n) is 19.0. The summed E-state index contributed by atoms with van der Waals surface area (Å²) in [4.78, 5) is 15.7. The number of hydrogen-bond donors (Lipinski definition) is 5. The van der Waals surface area contributed by atoms with E-state index in [1.165, 1.54) is 12.1 Å². The van der Waals surface area contributed by atoms with Crippen LogP contribution in [0.1, 0.15) is 64.4 Å². The van der Waals surface area contributed by atoms with Gasteiger partial charge in [0.15, 0.2) is 6.29 Å². The molecule has 1 saturated heterocycles. The highest BCUT2D eigenvalue weighted by atomic mass is 32.2. The number of amides is 1. The fourth-order valence-electron chi connectivity index (χ4n) is 6.96. The Labute approximate surface area is 335 Å². The average Bonchev–Trinajstić information content (AvgIpc) is 3.21. The van der Waals surface area contributed by atoms with Crippen molar-refractivity contribution in [3.63, 3.8) is 0 Å². The van der Waals surface area contributed by atoms with Gasteiger partial charge in [0, 0.05) is 31.1 Å². The number of carbonyl (C=O) groups is 1. The Morgan fingerprint density at radius 2 is 1.49 bits per heavy atom. The molecule has 5 aromatic carbocycles. The predicted molar refractivity (Wildman–Crippen MR) is 217 cm³/mol. The summed E-state index contributed by atoms with van der Waals surface area (Å²) in [5, 5.41) is 33.4. The van der Waals surface area contributed by atoms with Crippen LogP contribution in [0.3, 0.4) is 0 Å². The molecule has 0 spiro atoms. The van der Waals surface area contributed by atoms with Gasteiger partial charge in [-0.25, -0.2) is 8.42 Å². The lowest BCUT2D eigenvalue weighted by molar-refractivity contribution is -0.276. The van der Waals surface area contributed by atoms with Crippen LogP contribution >= 0.6 is 0 Å². The maximum absolute atomic E-state index is 13.6. The number of aliphatic hydroxyl groups excluding tert-OH is 2. The number of carbonyl (C=O) groups excluding carboxylic acids is 1. The molecule has 0 aliphatic carbocycles. The minimum atomic E-state index is -3.98. The summed E-state index contributed by atoms with van der Waals surface area (Å²) in [6.07, 6.45) is -2.01. The summed E-state index contributed by atoms with van der Waals surface area (Å²) >= 11 is 0. The number of rotatable bonds is 16. The first-order valence-corrected chi connectivity index (χ1v) is 20.5. The zero-order chi connectivity index (χ0) is 40.5. The van der Waals surface area contributed by atoms with Crippen molar-refractivity contribution < 1.29 is 38.0 Å². The SMILES string of the molecule is Cc1ccc(S(=O)(=O)NC(Cc2ccccc2)C(=O)NCc2ccc(C3OC(CN(C)CC(O)c4cccc(O)c4)C(C)C(c4ccc(CO)cc4)O3)cc2)cc1. The van der Waals surface area contributed by atoms with Gasteiger partial charge in [0.25, 0.3) is 0 Å². The van der Waals surface area contributed by atoms with Crippen molar-refractivity contribution in [1.29, 1.82) is 0 Å². The van der Waals surface area contributed by atoms with Gasteiger partial charge >= 0.3 is 0 Å². The number of phenols is 1. The predicted octanol–water partition coefficient (Wildman–Crippen LogP) is 5.86. The van der Waals surface area contributed by atoms with Gasteiger partial charge in [-0.3, -0.25) is 4.79 Å². The lowest BCUT2D eigenvalue weighted by atomic mass is 9.90. The van der Waals surface area contributed by atoms with Crippen molar-refractivity contribution in [3.8, 4) is 5.75 Å². The molecule has 0 radical (unpaired) electrons. The monoisotopic (exact) mass is 793 g/mol. The number of phenolic OH excluding ortho intramolecular Hbond substituents is 1. The van der Waals surface area contributed by atoms with Crippen LogP contribution in [0.25, 0.3) is 0 Å². The first-order chi connectivity index (χ1) is 27.4. The minimum Gasteiger partial charge on any atom is -0.508 e. The topological polar surface area (TPSA) is 158 Å². The summed E-state index contributed by atoms with van der Waals surface area (Å²) in [6, 6.07) is 36.5. The number of aliphatic hydroxyl groups is 2. The Balaban J connectivity index is 1.15. The Morgan fingerprint density at radius 1 is 0.825 bits per heavy atom. The van der Waals surface area contributed by atoms with E-state index in [0.29, 0.717) is 18.7 Å². The van der Waals surface area contributed by atoms with Crippen molar-refractivity contribution in [3.05, 3.63) is 166 Å². The molecule has 0 aromatic heterocycles. The zero-order valence-electron chi connectivity index (χ0n) is 32.4. The molecule has 5 aromatic rings. The fraction of sp³-hybridized carbons (Fsp3) is 0.311. The number of aryl methyl sites for hydroxylation is 1. The number of aromatic hydroxyl groups is 1. The van der Waals surface area contributed by atoms with Crippen LogP contribution in [0.4, 0.5) is 0 Å². The van der Waals surface area contributed by atoms with E-state index in [0.717, 1.165) is 33.4 Å². The van der Waals surface area contributed by atoms with Crippen LogP contribution in [0.15, 0.2) is 132 Å². The van der Waals surface area contributed by atoms with Crippen molar-refractivity contribution in [2.75, 3.05) is 20.1 Å². The van der Waals surface area contributed by atoms with Gasteiger partial charge in [0.2, 0.25) is 15.9 Å². The van der Waals surface area contributed by atoms with Gasteiger partial charge in [0.05, 0.1) is 29.8 Å². The number of nitrogens with one attached hydrogen (secondary N) is 2. The molecule has 1 heterocycles. The van der Waals surface area contributed by atoms with Crippen molar-refractivity contribution in [2.45, 2.75) is 69.0 Å². The maximum Gasteiger partial charge on any atom is 0.241 e. The molecular weight excluding hydrogens is 743 g/mol. The number of hydrogen-bond acceptors (Lipinski definition) is 9. The molecule has 1 aliphatic heterocycles. The van der Waals surface area contributed by atoms with Gasteiger partial charge in [-0.2, -0.15) is 4.72 Å². The molecule has 6 atom stereocenters. The van der Waals surface area contributed by atoms with E-state index in [2.05, 4.69) is 17.0 Å². The highest BCUT2D eigenvalue weighted by molar-refractivity contribution is 7.89. The van der Waals surface area contributed by atoms with Gasteiger partial charge in [-0.1, -0.05) is 116 Å². The fourth-order valence-corrected chi connectivity index (χ4v) is 8.15. The molecule has 0 saturated carbocycles. The molecule has 0 bridgehead atoms. The van der Waals surface area contributed by atoms with Crippen LogP contribution in [0, 0.1) is 12.8 Å². The molecule has 6 unspecified atom stereocenters. The smallest absolute Gasteiger partial charge is 0.241 e. The normalized spacial score (nSPS) is 19.5. The molecule has 12 heteroatoms. The van der Waals surface area contributed by atoms with E-state index >= 15 is 0 Å². The Kier molecular flexibility index (Phi) is 13.9. The van der Waals surface area contributed by atoms with E-state index < -0.39 is 34.4 Å². The van der Waals surface area contributed by atoms with Crippen LogP contribution in [-0.4, -0.2) is 66.8 Å². The minimum absolute atomic E-state index is 0.0639. The summed E-state index contributed by atoms with van der Waals surface area (Å²) < 4.78 is 42.5. The lowest BCUT2D eigenvalue weighted by Gasteiger charge is -2.42. The average molecular weight is 794 g/mol. The highest BCUT2D eigenvalue weighted by Crippen LogP contribution is 2.42. The third kappa shape index (κ3) is 11.1. The number of likely N-dealkylation sites (N-methyl/N-ethyl adjacent to an activating group) is 1. The molecule has 1 fully saturated rings. The van der Waals surface area contributed by atoms with Crippen molar-refractivity contribution >= 4 is 15.9 Å². The first kappa shape index (κ1) is 41.7. The van der Waals surface area contributed by atoms with Crippen LogP contribution in [0.5, 0.6) is 5.75 Å². The van der Waals surface area contributed by atoms with E-state index in [1.807, 2.05) is 97.7 Å². The number of benzene rings is 5. The van der Waals surface area contributed by atoms with E-state index in [-0.39, 0.29) is 48.3 Å². The quantitative estimate of drug-likeness (QED) is 0.0827. The summed E-state index contributed by atoms with van der Waals surface area (Å²) in [5.41, 5.74) is 5.67. The highest BCUT2D eigenvalue weighted by Gasteiger charge is 2.39. The van der Waals surface area contributed by atoms with E-state index in [1.54, 1.807) is 36.4 Å². The molecule has 57 heavy (non-hydrogen) atoms. The molecule has 300 valence electrons. The third-order valence-electron chi connectivity index (χ3n) is 10.3. The van der Waals surface area contributed by atoms with Gasteiger partial charge in [-0.05, 0) is 72.5 Å². The molecule has 11 nitrogen and oxygen atoms in total. The van der Waals surface area contributed by atoms with Crippen molar-refractivity contribution in [1.82, 2.24) is 14.9 Å². The second kappa shape index (κ2) is 19.0. The Bertz CT molecular complexity index is 2170. The standard InChI is InChI=1S/C45H51N3O8S/c1-30-12-22-39(23-13-30)57(53,54)47-40(24-32-8-5-4-6-9-32)44(52)46-26-33-14-20-36(21-15-33)45-55-42(28-48(3)27-41(51)37-10-7-11-38(50)25-37)31(2)43(56-45)35-18-16-34(29-49)17-19-35/h4-23,25,31,40-43,45,47,49-51H,24,26-29H2,1-3H3,(H,46,52). The van der Waals surface area contributed by atoms with Crippen LogP contribution < -0.4 is 10.0 Å². The molecule has 5 N–H and O–H groups in total.